The Morgan fingerprint density at radius 2 is 2.12 bits per heavy atom. The fourth-order valence-corrected chi connectivity index (χ4v) is 3.20. The molecule has 1 aromatic rings. The predicted molar refractivity (Wildman–Crippen MR) is 89.9 cm³/mol. The lowest BCUT2D eigenvalue weighted by Gasteiger charge is -2.27. The highest BCUT2D eigenvalue weighted by atomic mass is 19.1. The zero-order valence-electron chi connectivity index (χ0n) is 14.3. The quantitative estimate of drug-likeness (QED) is 0.824. The summed E-state index contributed by atoms with van der Waals surface area (Å²) in [7, 11) is 0. The van der Waals surface area contributed by atoms with Crippen LogP contribution in [0.5, 0.6) is 5.75 Å². The Morgan fingerprint density at radius 1 is 1.32 bits per heavy atom. The molecule has 3 rings (SSSR count). The fraction of sp³-hybridized carbons (Fsp3) is 0.611. The first-order valence-electron chi connectivity index (χ1n) is 8.73. The summed E-state index contributed by atoms with van der Waals surface area (Å²) in [5.41, 5.74) is -1.08. The Labute approximate surface area is 147 Å². The second-order valence-corrected chi connectivity index (χ2v) is 6.74. The monoisotopic (exact) mass is 352 g/mol. The average Bonchev–Trinajstić information content (AvgIpc) is 3.02. The van der Waals surface area contributed by atoms with E-state index in [1.807, 2.05) is 0 Å². The van der Waals surface area contributed by atoms with Crippen LogP contribution in [-0.4, -0.2) is 79.0 Å². The van der Waals surface area contributed by atoms with Crippen LogP contribution in [0.2, 0.25) is 0 Å². The molecule has 1 amide bonds. The minimum absolute atomic E-state index is 0.0453. The second-order valence-electron chi connectivity index (χ2n) is 6.74. The van der Waals surface area contributed by atoms with Gasteiger partial charge in [0.2, 0.25) is 5.91 Å². The van der Waals surface area contributed by atoms with Crippen LogP contribution in [0.4, 0.5) is 4.39 Å². The van der Waals surface area contributed by atoms with Crippen molar-refractivity contribution in [2.45, 2.75) is 18.4 Å². The van der Waals surface area contributed by atoms with E-state index < -0.39 is 5.60 Å². The van der Waals surface area contributed by atoms with Crippen molar-refractivity contribution in [1.82, 2.24) is 9.80 Å². The van der Waals surface area contributed by atoms with Gasteiger partial charge in [0.05, 0.1) is 19.8 Å². The van der Waals surface area contributed by atoms with E-state index in [4.69, 9.17) is 9.47 Å². The number of morpholine rings is 1. The molecule has 1 N–H and O–H groups in total. The van der Waals surface area contributed by atoms with Gasteiger partial charge in [-0.2, -0.15) is 0 Å². The Kier molecular flexibility index (Phi) is 5.88. The molecule has 7 heteroatoms. The van der Waals surface area contributed by atoms with Gasteiger partial charge in [-0.3, -0.25) is 9.69 Å². The maximum atomic E-state index is 13.2. The minimum Gasteiger partial charge on any atom is -0.490 e. The molecule has 0 unspecified atom stereocenters. The first kappa shape index (κ1) is 18.1. The van der Waals surface area contributed by atoms with E-state index in [1.54, 1.807) is 17.0 Å². The Bertz CT molecular complexity index is 594. The number of likely N-dealkylation sites (tertiary alicyclic amines) is 1. The number of amides is 1. The van der Waals surface area contributed by atoms with Crippen LogP contribution in [0, 0.1) is 5.82 Å². The lowest BCUT2D eigenvalue weighted by atomic mass is 10.1. The normalized spacial score (nSPS) is 24.5. The first-order valence-corrected chi connectivity index (χ1v) is 8.73. The summed E-state index contributed by atoms with van der Waals surface area (Å²) in [6, 6.07) is 5.83. The van der Waals surface area contributed by atoms with Gasteiger partial charge in [0.15, 0.2) is 0 Å². The zero-order chi connectivity index (χ0) is 17.7. The number of ether oxygens (including phenoxy) is 2. The molecule has 0 aliphatic carbocycles. The summed E-state index contributed by atoms with van der Waals surface area (Å²) in [5.74, 6) is 0.0505. The van der Waals surface area contributed by atoms with E-state index in [0.717, 1.165) is 32.8 Å². The Morgan fingerprint density at radius 3 is 2.88 bits per heavy atom. The van der Waals surface area contributed by atoms with Crippen molar-refractivity contribution in [3.05, 3.63) is 30.1 Å². The molecule has 2 aliphatic rings. The summed E-state index contributed by atoms with van der Waals surface area (Å²) < 4.78 is 24.0. The average molecular weight is 352 g/mol. The summed E-state index contributed by atoms with van der Waals surface area (Å²) in [4.78, 5) is 16.3. The van der Waals surface area contributed by atoms with Crippen molar-refractivity contribution in [3.63, 3.8) is 0 Å². The third-order valence-corrected chi connectivity index (χ3v) is 4.73. The van der Waals surface area contributed by atoms with Crippen LogP contribution in [0.3, 0.4) is 0 Å². The smallest absolute Gasteiger partial charge is 0.223 e. The molecule has 1 aromatic carbocycles. The molecule has 2 fully saturated rings. The van der Waals surface area contributed by atoms with Crippen molar-refractivity contribution < 1.29 is 23.8 Å². The molecule has 2 heterocycles. The zero-order valence-corrected chi connectivity index (χ0v) is 14.3. The molecule has 6 nitrogen and oxygen atoms in total. The number of halogens is 1. The SMILES string of the molecule is O=C(CCN1CCOCC1)N1CC[C@@](O)(COc2cccc(F)c2)C1. The Balaban J connectivity index is 1.44. The van der Waals surface area contributed by atoms with E-state index >= 15 is 0 Å². The summed E-state index contributed by atoms with van der Waals surface area (Å²) >= 11 is 0. The minimum atomic E-state index is -1.08. The van der Waals surface area contributed by atoms with E-state index in [2.05, 4.69) is 4.90 Å². The lowest BCUT2D eigenvalue weighted by Crippen LogP contribution is -2.42. The molecular formula is C18H25FN2O4. The fourth-order valence-electron chi connectivity index (χ4n) is 3.20. The first-order chi connectivity index (χ1) is 12.0. The molecule has 2 saturated heterocycles. The van der Waals surface area contributed by atoms with E-state index in [9.17, 15) is 14.3 Å². The van der Waals surface area contributed by atoms with Crippen molar-refractivity contribution in [3.8, 4) is 5.75 Å². The number of carbonyl (C=O) groups is 1. The highest BCUT2D eigenvalue weighted by Crippen LogP contribution is 2.24. The highest BCUT2D eigenvalue weighted by Gasteiger charge is 2.38. The van der Waals surface area contributed by atoms with Gasteiger partial charge >= 0.3 is 0 Å². The maximum absolute atomic E-state index is 13.2. The van der Waals surface area contributed by atoms with Gasteiger partial charge in [-0.25, -0.2) is 4.39 Å². The maximum Gasteiger partial charge on any atom is 0.223 e. The van der Waals surface area contributed by atoms with Crippen LogP contribution >= 0.6 is 0 Å². The molecular weight excluding hydrogens is 327 g/mol. The summed E-state index contributed by atoms with van der Waals surface area (Å²) in [5, 5.41) is 10.6. The van der Waals surface area contributed by atoms with Crippen LogP contribution < -0.4 is 4.74 Å². The predicted octanol–water partition coefficient (Wildman–Crippen LogP) is 0.890. The number of hydrogen-bond acceptors (Lipinski definition) is 5. The molecule has 2 aliphatic heterocycles. The lowest BCUT2D eigenvalue weighted by molar-refractivity contribution is -0.132. The number of benzene rings is 1. The van der Waals surface area contributed by atoms with Gasteiger partial charge in [-0.05, 0) is 18.6 Å². The summed E-state index contributed by atoms with van der Waals surface area (Å²) in [6.45, 7) is 4.69. The second kappa shape index (κ2) is 8.12. The van der Waals surface area contributed by atoms with Gasteiger partial charge in [0.1, 0.15) is 23.8 Å². The highest BCUT2D eigenvalue weighted by molar-refractivity contribution is 5.76. The molecule has 0 bridgehead atoms. The van der Waals surface area contributed by atoms with Crippen LogP contribution in [0.1, 0.15) is 12.8 Å². The molecule has 0 spiro atoms. The molecule has 138 valence electrons. The van der Waals surface area contributed by atoms with E-state index in [-0.39, 0.29) is 24.9 Å². The van der Waals surface area contributed by atoms with Gasteiger partial charge in [-0.15, -0.1) is 0 Å². The van der Waals surface area contributed by atoms with Crippen molar-refractivity contribution in [2.75, 3.05) is 52.5 Å². The van der Waals surface area contributed by atoms with Crippen molar-refractivity contribution in [1.29, 1.82) is 0 Å². The number of hydrogen-bond donors (Lipinski definition) is 1. The van der Waals surface area contributed by atoms with Crippen LogP contribution in [-0.2, 0) is 9.53 Å². The molecule has 1 atom stereocenters. The van der Waals surface area contributed by atoms with Gasteiger partial charge in [-0.1, -0.05) is 6.07 Å². The Hall–Kier alpha value is -1.70. The van der Waals surface area contributed by atoms with Crippen molar-refractivity contribution >= 4 is 5.91 Å². The summed E-state index contributed by atoms with van der Waals surface area (Å²) in [6.07, 6.45) is 0.909. The number of aliphatic hydroxyl groups is 1. The third-order valence-electron chi connectivity index (χ3n) is 4.73. The van der Waals surface area contributed by atoms with E-state index in [1.165, 1.54) is 12.1 Å². The van der Waals surface area contributed by atoms with E-state index in [0.29, 0.717) is 25.1 Å². The van der Waals surface area contributed by atoms with Crippen molar-refractivity contribution in [2.24, 2.45) is 0 Å². The number of rotatable bonds is 6. The van der Waals surface area contributed by atoms with Gasteiger partial charge in [0, 0.05) is 38.7 Å². The van der Waals surface area contributed by atoms with Gasteiger partial charge < -0.3 is 19.5 Å². The third kappa shape index (κ3) is 5.14. The molecule has 25 heavy (non-hydrogen) atoms. The topological polar surface area (TPSA) is 62.2 Å². The van der Waals surface area contributed by atoms with Gasteiger partial charge in [0.25, 0.3) is 0 Å². The van der Waals surface area contributed by atoms with Crippen LogP contribution in [0.25, 0.3) is 0 Å². The van der Waals surface area contributed by atoms with Crippen LogP contribution in [0.15, 0.2) is 24.3 Å². The molecule has 0 radical (unpaired) electrons. The molecule has 0 aromatic heterocycles. The largest absolute Gasteiger partial charge is 0.490 e. The number of nitrogens with zero attached hydrogens (tertiary/aromatic N) is 2. The number of carbonyl (C=O) groups excluding carboxylic acids is 1. The standard InChI is InChI=1S/C18H25FN2O4/c19-15-2-1-3-16(12-15)25-14-18(23)5-7-21(13-18)17(22)4-6-20-8-10-24-11-9-20/h1-3,12,23H,4-11,13-14H2/t18-/m0/s1. The molecule has 0 saturated carbocycles. The number of β-amino-alcohol motifs (C(OH)–C–C–N with tert-alkyl or cyclic N) is 1.